The third-order valence-corrected chi connectivity index (χ3v) is 3.76. The zero-order valence-electron chi connectivity index (χ0n) is 10.9. The molecule has 0 saturated heterocycles. The molecular weight excluding hydrogens is 244 g/mol. The fourth-order valence-electron chi connectivity index (χ4n) is 2.81. The van der Waals surface area contributed by atoms with Gasteiger partial charge in [-0.15, -0.1) is 0 Å². The fraction of sp³-hybridized carbons (Fsp3) is 0. The Morgan fingerprint density at radius 3 is 2.35 bits per heavy atom. The van der Waals surface area contributed by atoms with E-state index in [0.29, 0.717) is 0 Å². The number of aromatic nitrogens is 1. The van der Waals surface area contributed by atoms with Gasteiger partial charge in [-0.25, -0.2) is 0 Å². The van der Waals surface area contributed by atoms with Gasteiger partial charge in [0.1, 0.15) is 0 Å². The molecule has 2 nitrogen and oxygen atoms in total. The number of rotatable bonds is 1. The van der Waals surface area contributed by atoms with Crippen LogP contribution in [0.3, 0.4) is 0 Å². The van der Waals surface area contributed by atoms with Gasteiger partial charge in [0.25, 0.3) is 0 Å². The molecule has 96 valence electrons. The van der Waals surface area contributed by atoms with Crippen molar-refractivity contribution in [2.24, 2.45) is 0 Å². The van der Waals surface area contributed by atoms with Crippen LogP contribution in [-0.4, -0.2) is 4.98 Å². The normalized spacial score (nSPS) is 11.2. The summed E-state index contributed by atoms with van der Waals surface area (Å²) in [5.41, 5.74) is 10.4. The number of nitrogen functional groups attached to an aromatic ring is 1. The highest BCUT2D eigenvalue weighted by atomic mass is 14.7. The summed E-state index contributed by atoms with van der Waals surface area (Å²) >= 11 is 0. The van der Waals surface area contributed by atoms with E-state index < -0.39 is 0 Å². The van der Waals surface area contributed by atoms with Gasteiger partial charge in [0.2, 0.25) is 0 Å². The average molecular weight is 258 g/mol. The fourth-order valence-corrected chi connectivity index (χ4v) is 2.81. The third kappa shape index (κ3) is 1.58. The molecule has 20 heavy (non-hydrogen) atoms. The van der Waals surface area contributed by atoms with Crippen molar-refractivity contribution in [3.63, 3.8) is 0 Å². The number of hydrogen-bond donors (Lipinski definition) is 2. The lowest BCUT2D eigenvalue weighted by Crippen LogP contribution is -1.89. The molecule has 0 unspecified atom stereocenters. The number of anilines is 1. The molecule has 0 fully saturated rings. The van der Waals surface area contributed by atoms with Gasteiger partial charge in [0.05, 0.1) is 0 Å². The van der Waals surface area contributed by atoms with E-state index in [4.69, 9.17) is 5.73 Å². The van der Waals surface area contributed by atoms with Gasteiger partial charge >= 0.3 is 0 Å². The maximum absolute atomic E-state index is 6.17. The average Bonchev–Trinajstić information content (AvgIpc) is 2.91. The van der Waals surface area contributed by atoms with Crippen LogP contribution >= 0.6 is 0 Å². The molecule has 3 N–H and O–H groups in total. The van der Waals surface area contributed by atoms with Gasteiger partial charge in [0.15, 0.2) is 0 Å². The Morgan fingerprint density at radius 1 is 0.750 bits per heavy atom. The smallest absolute Gasteiger partial charge is 0.0471 e. The van der Waals surface area contributed by atoms with E-state index >= 15 is 0 Å². The first-order valence-corrected chi connectivity index (χ1v) is 6.68. The number of fused-ring (bicyclic) bond motifs is 2. The summed E-state index contributed by atoms with van der Waals surface area (Å²) in [7, 11) is 0. The molecule has 3 aromatic carbocycles. The first-order chi connectivity index (χ1) is 9.83. The summed E-state index contributed by atoms with van der Waals surface area (Å²) < 4.78 is 0. The maximum Gasteiger partial charge on any atom is 0.0471 e. The minimum Gasteiger partial charge on any atom is -0.398 e. The van der Waals surface area contributed by atoms with Crippen molar-refractivity contribution in [2.45, 2.75) is 0 Å². The van der Waals surface area contributed by atoms with Crippen LogP contribution in [0.2, 0.25) is 0 Å². The van der Waals surface area contributed by atoms with Gasteiger partial charge in [-0.1, -0.05) is 48.5 Å². The van der Waals surface area contributed by atoms with Crippen LogP contribution < -0.4 is 5.73 Å². The molecule has 1 heterocycles. The summed E-state index contributed by atoms with van der Waals surface area (Å²) in [5, 5.41) is 3.50. The molecule has 1 aromatic heterocycles. The van der Waals surface area contributed by atoms with Gasteiger partial charge in [-0.3, -0.25) is 0 Å². The summed E-state index contributed by atoms with van der Waals surface area (Å²) in [6.45, 7) is 0. The molecule has 0 radical (unpaired) electrons. The Labute approximate surface area is 116 Å². The lowest BCUT2D eigenvalue weighted by molar-refractivity contribution is 1.47. The van der Waals surface area contributed by atoms with Crippen LogP contribution in [-0.2, 0) is 0 Å². The van der Waals surface area contributed by atoms with Gasteiger partial charge < -0.3 is 10.7 Å². The van der Waals surface area contributed by atoms with Crippen LogP contribution in [0.1, 0.15) is 0 Å². The molecule has 0 saturated carbocycles. The first kappa shape index (κ1) is 11.1. The number of aromatic amines is 1. The van der Waals surface area contributed by atoms with Crippen molar-refractivity contribution in [2.75, 3.05) is 5.73 Å². The van der Waals surface area contributed by atoms with Crippen molar-refractivity contribution < 1.29 is 0 Å². The standard InChI is InChI=1S/C18H14N2/c19-15-9-4-7-12-6-3-8-14(18(12)15)17-11-13-5-1-2-10-16(13)20-17/h1-11,20H,19H2. The number of nitrogens with two attached hydrogens (primary N) is 1. The van der Waals surface area contributed by atoms with Crippen LogP contribution in [0.4, 0.5) is 5.69 Å². The zero-order chi connectivity index (χ0) is 13.5. The van der Waals surface area contributed by atoms with E-state index in [0.717, 1.165) is 27.8 Å². The van der Waals surface area contributed by atoms with E-state index in [1.807, 2.05) is 18.2 Å². The molecule has 0 bridgehead atoms. The van der Waals surface area contributed by atoms with Crippen LogP contribution in [0, 0.1) is 0 Å². The minimum atomic E-state index is 0.816. The lowest BCUT2D eigenvalue weighted by Gasteiger charge is -2.07. The van der Waals surface area contributed by atoms with Crippen molar-refractivity contribution in [1.29, 1.82) is 0 Å². The summed E-state index contributed by atoms with van der Waals surface area (Å²) in [5.74, 6) is 0. The number of H-pyrrole nitrogens is 1. The number of benzene rings is 3. The van der Waals surface area contributed by atoms with Crippen LogP contribution in [0.5, 0.6) is 0 Å². The monoisotopic (exact) mass is 258 g/mol. The van der Waals surface area contributed by atoms with E-state index in [2.05, 4.69) is 53.5 Å². The predicted octanol–water partition coefficient (Wildman–Crippen LogP) is 4.57. The second-order valence-corrected chi connectivity index (χ2v) is 5.02. The summed E-state index contributed by atoms with van der Waals surface area (Å²) in [6, 6.07) is 22.8. The quantitative estimate of drug-likeness (QED) is 0.482. The molecule has 4 rings (SSSR count). The molecule has 0 amide bonds. The Bertz CT molecular complexity index is 881. The number of para-hydroxylation sites is 1. The number of hydrogen-bond acceptors (Lipinski definition) is 1. The van der Waals surface area contributed by atoms with Crippen LogP contribution in [0.15, 0.2) is 66.7 Å². The minimum absolute atomic E-state index is 0.816. The SMILES string of the molecule is Nc1cccc2cccc(-c3cc4ccccc4[nH]3)c12. The van der Waals surface area contributed by atoms with Crippen LogP contribution in [0.25, 0.3) is 32.9 Å². The third-order valence-electron chi connectivity index (χ3n) is 3.76. The molecule has 4 aromatic rings. The Morgan fingerprint density at radius 2 is 1.50 bits per heavy atom. The van der Waals surface area contributed by atoms with Gasteiger partial charge in [-0.2, -0.15) is 0 Å². The zero-order valence-corrected chi connectivity index (χ0v) is 10.9. The molecule has 0 aliphatic heterocycles. The van der Waals surface area contributed by atoms with E-state index in [9.17, 15) is 0 Å². The van der Waals surface area contributed by atoms with E-state index in [1.54, 1.807) is 0 Å². The molecule has 2 heteroatoms. The predicted molar refractivity (Wildman–Crippen MR) is 85.7 cm³/mol. The van der Waals surface area contributed by atoms with E-state index in [1.165, 1.54) is 10.8 Å². The molecule has 0 aliphatic rings. The van der Waals surface area contributed by atoms with Crippen molar-refractivity contribution in [3.8, 4) is 11.3 Å². The molecular formula is C18H14N2. The van der Waals surface area contributed by atoms with Gasteiger partial charge in [0, 0.05) is 33.2 Å². The largest absolute Gasteiger partial charge is 0.398 e. The highest BCUT2D eigenvalue weighted by Gasteiger charge is 2.08. The highest BCUT2D eigenvalue weighted by molar-refractivity contribution is 6.04. The Kier molecular flexibility index (Phi) is 2.30. The lowest BCUT2D eigenvalue weighted by atomic mass is 10.0. The molecule has 0 aliphatic carbocycles. The summed E-state index contributed by atoms with van der Waals surface area (Å²) in [4.78, 5) is 3.48. The summed E-state index contributed by atoms with van der Waals surface area (Å²) in [6.07, 6.45) is 0. The highest BCUT2D eigenvalue weighted by Crippen LogP contribution is 2.33. The Balaban J connectivity index is 2.07. The molecule has 0 spiro atoms. The second-order valence-electron chi connectivity index (χ2n) is 5.02. The van der Waals surface area contributed by atoms with Crippen molar-refractivity contribution in [3.05, 3.63) is 66.7 Å². The van der Waals surface area contributed by atoms with E-state index in [-0.39, 0.29) is 0 Å². The second kappa shape index (κ2) is 4.14. The van der Waals surface area contributed by atoms with Crippen molar-refractivity contribution in [1.82, 2.24) is 4.98 Å². The molecule has 0 atom stereocenters. The van der Waals surface area contributed by atoms with Crippen molar-refractivity contribution >= 4 is 27.4 Å². The first-order valence-electron chi connectivity index (χ1n) is 6.68. The topological polar surface area (TPSA) is 41.8 Å². The number of nitrogens with one attached hydrogen (secondary N) is 1. The maximum atomic E-state index is 6.17. The van der Waals surface area contributed by atoms with Gasteiger partial charge in [-0.05, 0) is 23.6 Å². The Hall–Kier alpha value is -2.74.